The van der Waals surface area contributed by atoms with Crippen LogP contribution in [0.2, 0.25) is 0 Å². The fourth-order valence-electron chi connectivity index (χ4n) is 1.76. The molecule has 0 spiro atoms. The monoisotopic (exact) mass is 260 g/mol. The second kappa shape index (κ2) is 7.81. The summed E-state index contributed by atoms with van der Waals surface area (Å²) in [7, 11) is 0. The zero-order valence-electron chi connectivity index (χ0n) is 12.4. The Morgan fingerprint density at radius 3 is 2.68 bits per heavy atom. The van der Waals surface area contributed by atoms with E-state index in [1.807, 2.05) is 6.92 Å². The first-order valence-corrected chi connectivity index (χ1v) is 6.94. The lowest BCUT2D eigenvalue weighted by atomic mass is 10.0. The van der Waals surface area contributed by atoms with Gasteiger partial charge in [0.05, 0.1) is 6.07 Å². The first-order valence-electron chi connectivity index (χ1n) is 6.94. The third-order valence-corrected chi connectivity index (χ3v) is 3.08. The van der Waals surface area contributed by atoms with Crippen LogP contribution in [0.3, 0.4) is 0 Å². The largest absolute Gasteiger partial charge is 0.491 e. The minimum Gasteiger partial charge on any atom is -0.491 e. The van der Waals surface area contributed by atoms with Gasteiger partial charge in [-0.3, -0.25) is 5.32 Å². The number of nitrogens with one attached hydrogen (secondary N) is 1. The molecule has 104 valence electrons. The molecule has 1 aromatic carbocycles. The van der Waals surface area contributed by atoms with Gasteiger partial charge in [0.2, 0.25) is 0 Å². The maximum Gasteiger partial charge on any atom is 0.130 e. The lowest BCUT2D eigenvalue weighted by Gasteiger charge is -2.15. The van der Waals surface area contributed by atoms with Gasteiger partial charge in [-0.1, -0.05) is 32.9 Å². The Morgan fingerprint density at radius 2 is 2.11 bits per heavy atom. The summed E-state index contributed by atoms with van der Waals surface area (Å²) in [5.41, 5.74) is 2.37. The number of benzene rings is 1. The SMILES string of the molecule is CCCNC(C#N)COc1cc(C(C)C)ccc1C. The molecular formula is C16H24N2O. The van der Waals surface area contributed by atoms with E-state index in [0.29, 0.717) is 12.5 Å². The molecule has 0 aliphatic heterocycles. The summed E-state index contributed by atoms with van der Waals surface area (Å²) in [5, 5.41) is 12.2. The lowest BCUT2D eigenvalue weighted by Crippen LogP contribution is -2.33. The van der Waals surface area contributed by atoms with Crippen molar-refractivity contribution < 1.29 is 4.74 Å². The van der Waals surface area contributed by atoms with Gasteiger partial charge in [0.25, 0.3) is 0 Å². The molecule has 0 saturated carbocycles. The summed E-state index contributed by atoms with van der Waals surface area (Å²) in [4.78, 5) is 0. The number of nitriles is 1. The molecule has 19 heavy (non-hydrogen) atoms. The molecule has 1 aromatic rings. The van der Waals surface area contributed by atoms with Crippen LogP contribution < -0.4 is 10.1 Å². The van der Waals surface area contributed by atoms with Crippen molar-refractivity contribution in [2.75, 3.05) is 13.2 Å². The minimum atomic E-state index is -0.248. The molecule has 3 nitrogen and oxygen atoms in total. The zero-order valence-corrected chi connectivity index (χ0v) is 12.4. The number of hydrogen-bond donors (Lipinski definition) is 1. The highest BCUT2D eigenvalue weighted by Crippen LogP contribution is 2.24. The van der Waals surface area contributed by atoms with Gasteiger partial charge in [-0.05, 0) is 43.0 Å². The molecule has 1 N–H and O–H groups in total. The minimum absolute atomic E-state index is 0.248. The van der Waals surface area contributed by atoms with E-state index in [9.17, 15) is 0 Å². The van der Waals surface area contributed by atoms with Crippen molar-refractivity contribution in [1.29, 1.82) is 5.26 Å². The van der Waals surface area contributed by atoms with Crippen LogP contribution in [0, 0.1) is 18.3 Å². The normalized spacial score (nSPS) is 12.2. The highest BCUT2D eigenvalue weighted by atomic mass is 16.5. The highest BCUT2D eigenvalue weighted by molar-refractivity contribution is 5.37. The fourth-order valence-corrected chi connectivity index (χ4v) is 1.76. The standard InChI is InChI=1S/C16H24N2O/c1-5-8-18-15(10-17)11-19-16-9-14(12(2)3)7-6-13(16)4/h6-7,9,12,15,18H,5,8,11H2,1-4H3. The molecule has 1 rings (SSSR count). The van der Waals surface area contributed by atoms with Crippen molar-refractivity contribution in [2.24, 2.45) is 0 Å². The van der Waals surface area contributed by atoms with E-state index in [0.717, 1.165) is 24.3 Å². The van der Waals surface area contributed by atoms with Crippen LogP contribution in [0.25, 0.3) is 0 Å². The van der Waals surface area contributed by atoms with Crippen molar-refractivity contribution in [3.05, 3.63) is 29.3 Å². The van der Waals surface area contributed by atoms with E-state index in [1.54, 1.807) is 0 Å². The molecule has 1 atom stereocenters. The van der Waals surface area contributed by atoms with Crippen LogP contribution in [0.1, 0.15) is 44.2 Å². The third-order valence-electron chi connectivity index (χ3n) is 3.08. The molecule has 3 heteroatoms. The van der Waals surface area contributed by atoms with E-state index in [4.69, 9.17) is 10.00 Å². The maximum absolute atomic E-state index is 9.05. The van der Waals surface area contributed by atoms with Crippen LogP contribution in [-0.4, -0.2) is 19.2 Å². The number of aryl methyl sites for hydroxylation is 1. The first kappa shape index (κ1) is 15.5. The smallest absolute Gasteiger partial charge is 0.130 e. The Morgan fingerprint density at radius 1 is 1.37 bits per heavy atom. The van der Waals surface area contributed by atoms with E-state index in [1.165, 1.54) is 5.56 Å². The number of nitrogens with zero attached hydrogens (tertiary/aromatic N) is 1. The molecular weight excluding hydrogens is 236 g/mol. The van der Waals surface area contributed by atoms with Gasteiger partial charge in [-0.25, -0.2) is 0 Å². The van der Waals surface area contributed by atoms with Crippen LogP contribution in [0.15, 0.2) is 18.2 Å². The van der Waals surface area contributed by atoms with E-state index >= 15 is 0 Å². The first-order chi connectivity index (χ1) is 9.08. The Kier molecular flexibility index (Phi) is 6.38. The van der Waals surface area contributed by atoms with Gasteiger partial charge >= 0.3 is 0 Å². The summed E-state index contributed by atoms with van der Waals surface area (Å²) in [6.07, 6.45) is 1.01. The van der Waals surface area contributed by atoms with Gasteiger partial charge in [-0.2, -0.15) is 5.26 Å². The molecule has 0 saturated heterocycles. The van der Waals surface area contributed by atoms with Crippen LogP contribution in [0.4, 0.5) is 0 Å². The number of hydrogen-bond acceptors (Lipinski definition) is 3. The summed E-state index contributed by atoms with van der Waals surface area (Å²) >= 11 is 0. The van der Waals surface area contributed by atoms with Gasteiger partial charge in [0.15, 0.2) is 0 Å². The molecule has 0 fully saturated rings. The van der Waals surface area contributed by atoms with Crippen molar-refractivity contribution in [3.63, 3.8) is 0 Å². The van der Waals surface area contributed by atoms with Crippen LogP contribution in [0.5, 0.6) is 5.75 Å². The van der Waals surface area contributed by atoms with Gasteiger partial charge in [0.1, 0.15) is 18.4 Å². The second-order valence-electron chi connectivity index (χ2n) is 5.13. The van der Waals surface area contributed by atoms with E-state index < -0.39 is 0 Å². The van der Waals surface area contributed by atoms with Crippen LogP contribution >= 0.6 is 0 Å². The lowest BCUT2D eigenvalue weighted by molar-refractivity contribution is 0.287. The molecule has 0 aromatic heterocycles. The Bertz CT molecular complexity index is 435. The zero-order chi connectivity index (χ0) is 14.3. The average molecular weight is 260 g/mol. The average Bonchev–Trinajstić information content (AvgIpc) is 2.40. The van der Waals surface area contributed by atoms with Gasteiger partial charge in [-0.15, -0.1) is 0 Å². The highest BCUT2D eigenvalue weighted by Gasteiger charge is 2.09. The predicted octanol–water partition coefficient (Wildman–Crippen LogP) is 3.39. The summed E-state index contributed by atoms with van der Waals surface area (Å²) in [6.45, 7) is 9.66. The van der Waals surface area contributed by atoms with Crippen LogP contribution in [-0.2, 0) is 0 Å². The van der Waals surface area contributed by atoms with Crippen molar-refractivity contribution in [2.45, 2.75) is 46.1 Å². The molecule has 0 aliphatic carbocycles. The quantitative estimate of drug-likeness (QED) is 0.817. The summed E-state index contributed by atoms with van der Waals surface area (Å²) < 4.78 is 5.79. The summed E-state index contributed by atoms with van der Waals surface area (Å²) in [6, 6.07) is 8.26. The number of ether oxygens (including phenoxy) is 1. The van der Waals surface area contributed by atoms with Crippen molar-refractivity contribution >= 4 is 0 Å². The molecule has 0 aliphatic rings. The van der Waals surface area contributed by atoms with Gasteiger partial charge in [0, 0.05) is 0 Å². The molecule has 1 unspecified atom stereocenters. The fraction of sp³-hybridized carbons (Fsp3) is 0.562. The van der Waals surface area contributed by atoms with Gasteiger partial charge < -0.3 is 4.74 Å². The third kappa shape index (κ3) is 4.92. The molecule has 0 radical (unpaired) electrons. The Labute approximate surface area is 116 Å². The predicted molar refractivity (Wildman–Crippen MR) is 78.5 cm³/mol. The molecule has 0 amide bonds. The summed E-state index contributed by atoms with van der Waals surface area (Å²) in [5.74, 6) is 1.36. The van der Waals surface area contributed by atoms with E-state index in [-0.39, 0.29) is 6.04 Å². The maximum atomic E-state index is 9.05. The van der Waals surface area contributed by atoms with Crippen molar-refractivity contribution in [3.8, 4) is 11.8 Å². The second-order valence-corrected chi connectivity index (χ2v) is 5.13. The van der Waals surface area contributed by atoms with E-state index in [2.05, 4.69) is 50.4 Å². The van der Waals surface area contributed by atoms with Crippen molar-refractivity contribution in [1.82, 2.24) is 5.32 Å². The Hall–Kier alpha value is -1.53. The molecule has 0 heterocycles. The number of rotatable bonds is 7. The Balaban J connectivity index is 2.66. The topological polar surface area (TPSA) is 45.0 Å². The molecule has 0 bridgehead atoms.